The topological polar surface area (TPSA) is 146 Å². The van der Waals surface area contributed by atoms with Crippen LogP contribution in [0, 0.1) is 5.92 Å². The highest BCUT2D eigenvalue weighted by Gasteiger charge is 2.41. The summed E-state index contributed by atoms with van der Waals surface area (Å²) in [6.07, 6.45) is 18.7. The van der Waals surface area contributed by atoms with Crippen LogP contribution >= 0.6 is 0 Å². The van der Waals surface area contributed by atoms with Crippen molar-refractivity contribution in [3.63, 3.8) is 0 Å². The molecule has 2 saturated heterocycles. The molecule has 0 aliphatic carbocycles. The van der Waals surface area contributed by atoms with E-state index in [1.807, 2.05) is 13.0 Å². The van der Waals surface area contributed by atoms with E-state index < -0.39 is 48.4 Å². The molecule has 1 amide bonds. The van der Waals surface area contributed by atoms with Crippen LogP contribution in [0.15, 0.2) is 85.1 Å². The second-order valence-corrected chi connectivity index (χ2v) is 9.71. The average Bonchev–Trinajstić information content (AvgIpc) is 3.14. The maximum Gasteiger partial charge on any atom is 0.247 e. The molecule has 3 heterocycles. The number of carbonyl (C=O) groups is 1. The van der Waals surface area contributed by atoms with Crippen molar-refractivity contribution in [2.24, 2.45) is 11.7 Å². The number of ether oxygens (including phenoxy) is 2. The zero-order valence-corrected chi connectivity index (χ0v) is 21.2. The van der Waals surface area contributed by atoms with Gasteiger partial charge in [-0.15, -0.1) is 0 Å². The van der Waals surface area contributed by atoms with E-state index in [0.29, 0.717) is 6.54 Å². The first kappa shape index (κ1) is 28.9. The Balaban J connectivity index is 1.83. The quantitative estimate of drug-likeness (QED) is 0.361. The lowest BCUT2D eigenvalue weighted by atomic mass is 9.96. The Morgan fingerprint density at radius 1 is 0.973 bits per heavy atom. The van der Waals surface area contributed by atoms with Crippen molar-refractivity contribution in [1.29, 1.82) is 0 Å². The number of hydrogen-bond donors (Lipinski definition) is 5. The fraction of sp³-hybridized carbons (Fsp3) is 0.464. The third kappa shape index (κ3) is 7.68. The van der Waals surface area contributed by atoms with Gasteiger partial charge in [0.25, 0.3) is 0 Å². The van der Waals surface area contributed by atoms with Crippen LogP contribution in [0.25, 0.3) is 0 Å². The van der Waals surface area contributed by atoms with Crippen molar-refractivity contribution in [2.45, 2.75) is 62.2 Å². The summed E-state index contributed by atoms with van der Waals surface area (Å²) in [5.41, 5.74) is 4.49. The first-order valence-corrected chi connectivity index (χ1v) is 12.4. The molecule has 9 nitrogen and oxygen atoms in total. The van der Waals surface area contributed by atoms with Gasteiger partial charge in [-0.3, -0.25) is 4.79 Å². The Bertz CT molecular complexity index is 981. The van der Waals surface area contributed by atoms with E-state index in [4.69, 9.17) is 15.2 Å². The monoisotopic (exact) mass is 514 g/mol. The molecule has 6 N–H and O–H groups in total. The molecule has 0 spiro atoms. The Hall–Kier alpha value is -2.63. The SMILES string of the molecule is CC1CN2C(=O)C=CC=CC=CC(C)(O)C(OC3OCC(O)C(O)C3N)C=CC=CC=CC=CC2C1O. The van der Waals surface area contributed by atoms with Gasteiger partial charge in [-0.2, -0.15) is 0 Å². The van der Waals surface area contributed by atoms with Gasteiger partial charge in [-0.05, 0) is 6.92 Å². The van der Waals surface area contributed by atoms with Crippen LogP contribution in [-0.4, -0.2) is 92.8 Å². The molecule has 9 unspecified atom stereocenters. The molecule has 9 heteroatoms. The number of nitrogens with two attached hydrogens (primary N) is 1. The van der Waals surface area contributed by atoms with Gasteiger partial charge in [0.2, 0.25) is 5.91 Å². The Labute approximate surface area is 217 Å². The van der Waals surface area contributed by atoms with E-state index in [-0.39, 0.29) is 18.4 Å². The minimum Gasteiger partial charge on any atom is -0.390 e. The normalized spacial score (nSPS) is 39.4. The molecular weight excluding hydrogens is 476 g/mol. The number of fused-ring (bicyclic) bond motifs is 1. The molecule has 0 saturated carbocycles. The summed E-state index contributed by atoms with van der Waals surface area (Å²) >= 11 is 0. The molecule has 2 fully saturated rings. The minimum absolute atomic E-state index is 0.0309. The van der Waals surface area contributed by atoms with Crippen molar-refractivity contribution in [2.75, 3.05) is 13.2 Å². The van der Waals surface area contributed by atoms with Gasteiger partial charge in [0.1, 0.15) is 23.9 Å². The smallest absolute Gasteiger partial charge is 0.247 e. The summed E-state index contributed by atoms with van der Waals surface area (Å²) in [7, 11) is 0. The number of aliphatic hydroxyl groups is 4. The third-order valence-corrected chi connectivity index (χ3v) is 6.61. The molecule has 3 rings (SSSR count). The molecule has 0 aromatic heterocycles. The first-order valence-electron chi connectivity index (χ1n) is 12.4. The van der Waals surface area contributed by atoms with Crippen molar-refractivity contribution in [1.82, 2.24) is 4.90 Å². The number of rotatable bonds is 2. The predicted molar refractivity (Wildman–Crippen MR) is 140 cm³/mol. The van der Waals surface area contributed by atoms with Crippen molar-refractivity contribution in [3.8, 4) is 0 Å². The number of carbonyl (C=O) groups excluding carboxylic acids is 1. The average molecular weight is 515 g/mol. The van der Waals surface area contributed by atoms with E-state index in [0.717, 1.165) is 0 Å². The highest BCUT2D eigenvalue weighted by Crippen LogP contribution is 2.26. The van der Waals surface area contributed by atoms with Gasteiger partial charge in [0.15, 0.2) is 6.29 Å². The summed E-state index contributed by atoms with van der Waals surface area (Å²) in [6.45, 7) is 3.79. The molecule has 202 valence electrons. The van der Waals surface area contributed by atoms with E-state index >= 15 is 0 Å². The fourth-order valence-corrected chi connectivity index (χ4v) is 4.30. The summed E-state index contributed by atoms with van der Waals surface area (Å²) < 4.78 is 11.4. The molecule has 9 atom stereocenters. The summed E-state index contributed by atoms with van der Waals surface area (Å²) in [4.78, 5) is 14.4. The highest BCUT2D eigenvalue weighted by atomic mass is 16.7. The van der Waals surface area contributed by atoms with Crippen LogP contribution in [0.1, 0.15) is 13.8 Å². The summed E-state index contributed by atoms with van der Waals surface area (Å²) in [5, 5.41) is 41.5. The lowest BCUT2D eigenvalue weighted by molar-refractivity contribution is -0.251. The van der Waals surface area contributed by atoms with Crippen molar-refractivity contribution >= 4 is 5.91 Å². The highest BCUT2D eigenvalue weighted by molar-refractivity contribution is 5.88. The van der Waals surface area contributed by atoms with Gasteiger partial charge >= 0.3 is 0 Å². The van der Waals surface area contributed by atoms with Crippen LogP contribution < -0.4 is 5.73 Å². The second-order valence-electron chi connectivity index (χ2n) is 9.71. The number of allylic oxidation sites excluding steroid dienone is 10. The first-order chi connectivity index (χ1) is 17.6. The van der Waals surface area contributed by atoms with Crippen LogP contribution in [0.2, 0.25) is 0 Å². The van der Waals surface area contributed by atoms with Crippen LogP contribution in [-0.2, 0) is 14.3 Å². The maximum absolute atomic E-state index is 12.7. The number of nitrogens with zero attached hydrogens (tertiary/aromatic N) is 1. The Morgan fingerprint density at radius 2 is 1.59 bits per heavy atom. The molecule has 0 radical (unpaired) electrons. The predicted octanol–water partition coefficient (Wildman–Crippen LogP) is 0.643. The van der Waals surface area contributed by atoms with E-state index in [1.165, 1.54) is 12.2 Å². The van der Waals surface area contributed by atoms with Gasteiger partial charge in [-0.1, -0.05) is 85.9 Å². The van der Waals surface area contributed by atoms with Crippen LogP contribution in [0.3, 0.4) is 0 Å². The third-order valence-electron chi connectivity index (χ3n) is 6.61. The van der Waals surface area contributed by atoms with Gasteiger partial charge in [0, 0.05) is 18.5 Å². The van der Waals surface area contributed by atoms with Gasteiger partial charge in [0.05, 0.1) is 24.8 Å². The largest absolute Gasteiger partial charge is 0.390 e. The van der Waals surface area contributed by atoms with Crippen LogP contribution in [0.5, 0.6) is 0 Å². The second kappa shape index (κ2) is 13.3. The lowest BCUT2D eigenvalue weighted by Crippen LogP contribution is -2.59. The zero-order valence-electron chi connectivity index (χ0n) is 21.2. The number of aliphatic hydroxyl groups excluding tert-OH is 3. The minimum atomic E-state index is -1.49. The molecule has 0 aromatic rings. The lowest BCUT2D eigenvalue weighted by Gasteiger charge is -2.39. The number of hydrogen-bond acceptors (Lipinski definition) is 8. The maximum atomic E-state index is 12.7. The van der Waals surface area contributed by atoms with E-state index in [1.54, 1.807) is 78.7 Å². The summed E-state index contributed by atoms with van der Waals surface area (Å²) in [5.74, 6) is -0.231. The van der Waals surface area contributed by atoms with Gasteiger partial charge < -0.3 is 40.5 Å². The zero-order chi connectivity index (χ0) is 27.0. The van der Waals surface area contributed by atoms with Gasteiger partial charge in [-0.25, -0.2) is 0 Å². The fourth-order valence-electron chi connectivity index (χ4n) is 4.30. The molecule has 0 aromatic carbocycles. The molecule has 3 aliphatic rings. The van der Waals surface area contributed by atoms with Crippen molar-refractivity contribution < 1.29 is 34.7 Å². The van der Waals surface area contributed by atoms with Crippen LogP contribution in [0.4, 0.5) is 0 Å². The standard InChI is InChI=1S/C28H38N2O7/c1-19-17-30-20(25(19)33)13-9-5-3-4-6-10-14-22(37-27-24(29)26(34)21(31)18-36-27)28(2,35)16-12-8-7-11-15-23(30)32/h3-16,19-22,24-27,31,33-35H,17-18,29H2,1-2H3. The van der Waals surface area contributed by atoms with Crippen molar-refractivity contribution in [3.05, 3.63) is 85.1 Å². The Kier molecular flexibility index (Phi) is 10.4. The molecule has 3 aliphatic heterocycles. The number of amides is 1. The van der Waals surface area contributed by atoms with E-state index in [2.05, 4.69) is 0 Å². The molecular formula is C28H38N2O7. The van der Waals surface area contributed by atoms with E-state index in [9.17, 15) is 25.2 Å². The Morgan fingerprint density at radius 3 is 2.32 bits per heavy atom. The summed E-state index contributed by atoms with van der Waals surface area (Å²) in [6, 6.07) is -1.41. The molecule has 37 heavy (non-hydrogen) atoms. The molecule has 0 bridgehead atoms.